The summed E-state index contributed by atoms with van der Waals surface area (Å²) in [6, 6.07) is -0.0418. The van der Waals surface area contributed by atoms with E-state index in [2.05, 4.69) is 11.2 Å². The van der Waals surface area contributed by atoms with E-state index in [1.807, 2.05) is 20.8 Å². The normalized spacial score (nSPS) is 14.6. The predicted octanol–water partition coefficient (Wildman–Crippen LogP) is 0.888. The molecule has 0 bridgehead atoms. The fourth-order valence-electron chi connectivity index (χ4n) is 1.01. The Morgan fingerprint density at radius 1 is 1.50 bits per heavy atom. The van der Waals surface area contributed by atoms with Crippen LogP contribution in [-0.4, -0.2) is 18.0 Å². The zero-order valence-electron chi connectivity index (χ0n) is 9.21. The molecule has 0 aromatic rings. The van der Waals surface area contributed by atoms with E-state index in [4.69, 9.17) is 12.2 Å². The van der Waals surface area contributed by atoms with Crippen molar-refractivity contribution in [2.45, 2.75) is 45.7 Å². The van der Waals surface area contributed by atoms with Gasteiger partial charge >= 0.3 is 0 Å². The molecule has 0 spiro atoms. The third-order valence-corrected chi connectivity index (χ3v) is 2.11. The molecule has 0 aliphatic rings. The van der Waals surface area contributed by atoms with Crippen molar-refractivity contribution in [3.05, 3.63) is 0 Å². The minimum atomic E-state index is -0.0759. The van der Waals surface area contributed by atoms with Crippen molar-refractivity contribution in [2.24, 2.45) is 11.7 Å². The predicted molar refractivity (Wildman–Crippen MR) is 58.5 cm³/mol. The van der Waals surface area contributed by atoms with Gasteiger partial charge in [0, 0.05) is 24.9 Å². The average Bonchev–Trinajstić information content (AvgIpc) is 2.03. The Labute approximate surface area is 86.4 Å². The second kappa shape index (κ2) is 6.44. The number of rotatable bonds is 5. The number of terminal acetylenes is 1. The van der Waals surface area contributed by atoms with Crippen molar-refractivity contribution >= 4 is 5.91 Å². The molecule has 0 aliphatic carbocycles. The van der Waals surface area contributed by atoms with Crippen LogP contribution < -0.4 is 11.1 Å². The summed E-state index contributed by atoms with van der Waals surface area (Å²) in [5.74, 6) is 2.81. The fourth-order valence-corrected chi connectivity index (χ4v) is 1.01. The summed E-state index contributed by atoms with van der Waals surface area (Å²) in [4.78, 5) is 11.4. The lowest BCUT2D eigenvalue weighted by atomic mass is 10.0. The van der Waals surface area contributed by atoms with Crippen LogP contribution in [0.25, 0.3) is 0 Å². The van der Waals surface area contributed by atoms with Crippen LogP contribution >= 0.6 is 0 Å². The molecule has 3 N–H and O–H groups in total. The topological polar surface area (TPSA) is 55.1 Å². The SMILES string of the molecule is C#CCC(C)NC(=O)CC(N)C(C)C. The molecule has 14 heavy (non-hydrogen) atoms. The maximum absolute atomic E-state index is 11.4. The zero-order chi connectivity index (χ0) is 11.1. The van der Waals surface area contributed by atoms with E-state index in [1.54, 1.807) is 0 Å². The summed E-state index contributed by atoms with van der Waals surface area (Å²) in [5.41, 5.74) is 5.77. The molecule has 0 aliphatic heterocycles. The number of amides is 1. The van der Waals surface area contributed by atoms with E-state index in [-0.39, 0.29) is 18.0 Å². The van der Waals surface area contributed by atoms with Gasteiger partial charge in [0.25, 0.3) is 0 Å². The standard InChI is InChI=1S/C11H20N2O/c1-5-6-9(4)13-11(14)7-10(12)8(2)3/h1,8-10H,6-7,12H2,2-4H3,(H,13,14). The summed E-state index contributed by atoms with van der Waals surface area (Å²) in [5, 5.41) is 2.81. The van der Waals surface area contributed by atoms with E-state index in [9.17, 15) is 4.79 Å². The van der Waals surface area contributed by atoms with Crippen LogP contribution in [-0.2, 0) is 4.79 Å². The molecule has 2 atom stereocenters. The highest BCUT2D eigenvalue weighted by Gasteiger charge is 2.13. The molecule has 0 saturated carbocycles. The molecule has 3 nitrogen and oxygen atoms in total. The molecule has 0 rings (SSSR count). The van der Waals surface area contributed by atoms with Gasteiger partial charge in [0.05, 0.1) is 0 Å². The highest BCUT2D eigenvalue weighted by Crippen LogP contribution is 2.02. The molecule has 0 heterocycles. The second-order valence-corrected chi connectivity index (χ2v) is 3.99. The first-order chi connectivity index (χ1) is 6.47. The van der Waals surface area contributed by atoms with Crippen LogP contribution in [0.3, 0.4) is 0 Å². The summed E-state index contributed by atoms with van der Waals surface area (Å²) < 4.78 is 0. The third kappa shape index (κ3) is 5.60. The van der Waals surface area contributed by atoms with Gasteiger partial charge in [-0.1, -0.05) is 13.8 Å². The molecule has 3 heteroatoms. The molecular weight excluding hydrogens is 176 g/mol. The van der Waals surface area contributed by atoms with Crippen molar-refractivity contribution in [2.75, 3.05) is 0 Å². The lowest BCUT2D eigenvalue weighted by molar-refractivity contribution is -0.122. The number of carbonyl (C=O) groups excluding carboxylic acids is 1. The molecule has 0 aromatic carbocycles. The lowest BCUT2D eigenvalue weighted by Crippen LogP contribution is -2.38. The molecule has 0 aromatic heterocycles. The molecule has 2 unspecified atom stereocenters. The third-order valence-electron chi connectivity index (χ3n) is 2.11. The van der Waals surface area contributed by atoms with Gasteiger partial charge in [-0.05, 0) is 12.8 Å². The lowest BCUT2D eigenvalue weighted by Gasteiger charge is -2.17. The first kappa shape index (κ1) is 13.0. The first-order valence-electron chi connectivity index (χ1n) is 4.95. The Balaban J connectivity index is 3.82. The Bertz CT molecular complexity index is 218. The quantitative estimate of drug-likeness (QED) is 0.642. The minimum absolute atomic E-state index is 0.0195. The van der Waals surface area contributed by atoms with Gasteiger partial charge in [-0.15, -0.1) is 12.3 Å². The van der Waals surface area contributed by atoms with Gasteiger partial charge < -0.3 is 11.1 Å². The molecule has 0 saturated heterocycles. The Hall–Kier alpha value is -1.01. The molecule has 0 fully saturated rings. The van der Waals surface area contributed by atoms with E-state index in [0.717, 1.165) is 0 Å². The van der Waals surface area contributed by atoms with Crippen LogP contribution in [0.1, 0.15) is 33.6 Å². The molecular formula is C11H20N2O. The number of hydrogen-bond acceptors (Lipinski definition) is 2. The largest absolute Gasteiger partial charge is 0.353 e. The Morgan fingerprint density at radius 2 is 2.07 bits per heavy atom. The number of hydrogen-bond donors (Lipinski definition) is 2. The van der Waals surface area contributed by atoms with E-state index in [0.29, 0.717) is 18.8 Å². The van der Waals surface area contributed by atoms with Crippen molar-refractivity contribution in [1.29, 1.82) is 0 Å². The van der Waals surface area contributed by atoms with Crippen molar-refractivity contribution in [3.63, 3.8) is 0 Å². The van der Waals surface area contributed by atoms with Crippen LogP contribution in [0.15, 0.2) is 0 Å². The van der Waals surface area contributed by atoms with E-state index in [1.165, 1.54) is 0 Å². The average molecular weight is 196 g/mol. The minimum Gasteiger partial charge on any atom is -0.353 e. The number of carbonyl (C=O) groups is 1. The Kier molecular flexibility index (Phi) is 5.98. The zero-order valence-corrected chi connectivity index (χ0v) is 9.21. The number of nitrogens with one attached hydrogen (secondary N) is 1. The van der Waals surface area contributed by atoms with Crippen molar-refractivity contribution in [1.82, 2.24) is 5.32 Å². The second-order valence-electron chi connectivity index (χ2n) is 3.99. The molecule has 1 amide bonds. The maximum Gasteiger partial charge on any atom is 0.221 e. The van der Waals surface area contributed by atoms with Crippen LogP contribution in [0.2, 0.25) is 0 Å². The van der Waals surface area contributed by atoms with E-state index >= 15 is 0 Å². The molecule has 0 radical (unpaired) electrons. The van der Waals surface area contributed by atoms with Crippen molar-refractivity contribution in [3.8, 4) is 12.3 Å². The monoisotopic (exact) mass is 196 g/mol. The summed E-state index contributed by atoms with van der Waals surface area (Å²) >= 11 is 0. The maximum atomic E-state index is 11.4. The van der Waals surface area contributed by atoms with E-state index < -0.39 is 0 Å². The summed E-state index contributed by atoms with van der Waals surface area (Å²) in [7, 11) is 0. The highest BCUT2D eigenvalue weighted by atomic mass is 16.1. The van der Waals surface area contributed by atoms with Gasteiger partial charge in [0.1, 0.15) is 0 Å². The highest BCUT2D eigenvalue weighted by molar-refractivity contribution is 5.76. The first-order valence-corrected chi connectivity index (χ1v) is 4.95. The van der Waals surface area contributed by atoms with Gasteiger partial charge in [0.15, 0.2) is 0 Å². The Morgan fingerprint density at radius 3 is 2.50 bits per heavy atom. The smallest absolute Gasteiger partial charge is 0.221 e. The van der Waals surface area contributed by atoms with Crippen LogP contribution in [0.5, 0.6) is 0 Å². The fraction of sp³-hybridized carbons (Fsp3) is 0.727. The summed E-state index contributed by atoms with van der Waals surface area (Å²) in [6.07, 6.45) is 6.05. The van der Waals surface area contributed by atoms with Gasteiger partial charge in [-0.3, -0.25) is 4.79 Å². The molecule has 80 valence electrons. The number of nitrogens with two attached hydrogens (primary N) is 1. The van der Waals surface area contributed by atoms with Crippen LogP contribution in [0.4, 0.5) is 0 Å². The van der Waals surface area contributed by atoms with Crippen LogP contribution in [0, 0.1) is 18.3 Å². The van der Waals surface area contributed by atoms with Gasteiger partial charge in [0.2, 0.25) is 5.91 Å². The summed E-state index contributed by atoms with van der Waals surface area (Å²) in [6.45, 7) is 5.89. The van der Waals surface area contributed by atoms with Gasteiger partial charge in [-0.2, -0.15) is 0 Å². The van der Waals surface area contributed by atoms with Gasteiger partial charge in [-0.25, -0.2) is 0 Å². The van der Waals surface area contributed by atoms with Crippen molar-refractivity contribution < 1.29 is 4.79 Å².